The van der Waals surface area contributed by atoms with Gasteiger partial charge in [0.25, 0.3) is 0 Å². The molecule has 1 amide bonds. The molecule has 114 valence electrons. The van der Waals surface area contributed by atoms with Gasteiger partial charge >= 0.3 is 0 Å². The van der Waals surface area contributed by atoms with Crippen molar-refractivity contribution < 1.29 is 13.2 Å². The molecule has 1 aromatic rings. The Bertz CT molecular complexity index is 658. The molecule has 1 heterocycles. The molecule has 0 aromatic heterocycles. The molecule has 1 aliphatic heterocycles. The molecule has 1 saturated heterocycles. The van der Waals surface area contributed by atoms with Gasteiger partial charge in [-0.05, 0) is 31.4 Å². The molecule has 1 saturated carbocycles. The Hall–Kier alpha value is -1.11. The molecule has 0 radical (unpaired) electrons. The van der Waals surface area contributed by atoms with Crippen LogP contribution in [0.3, 0.4) is 0 Å². The fourth-order valence-corrected chi connectivity index (χ4v) is 4.37. The SMILES string of the molecule is O=C(C1CC1)N1CCC(NS(=O)(=O)c2ccccc2Cl)C1. The molecule has 1 aliphatic carbocycles. The predicted molar refractivity (Wildman–Crippen MR) is 79.5 cm³/mol. The summed E-state index contributed by atoms with van der Waals surface area (Å²) in [5, 5.41) is 0.203. The molecule has 3 rings (SSSR count). The van der Waals surface area contributed by atoms with E-state index in [1.807, 2.05) is 0 Å². The number of rotatable bonds is 4. The average molecular weight is 329 g/mol. The second kappa shape index (κ2) is 5.59. The number of carbonyl (C=O) groups excluding carboxylic acids is 1. The van der Waals surface area contributed by atoms with E-state index in [0.717, 1.165) is 12.8 Å². The van der Waals surface area contributed by atoms with Crippen LogP contribution in [-0.4, -0.2) is 38.4 Å². The summed E-state index contributed by atoms with van der Waals surface area (Å²) in [6, 6.07) is 6.11. The summed E-state index contributed by atoms with van der Waals surface area (Å²) in [6.07, 6.45) is 2.57. The maximum Gasteiger partial charge on any atom is 0.242 e. The molecule has 0 bridgehead atoms. The number of amides is 1. The highest BCUT2D eigenvalue weighted by atomic mass is 35.5. The van der Waals surface area contributed by atoms with Gasteiger partial charge in [0.05, 0.1) is 5.02 Å². The third kappa shape index (κ3) is 3.22. The minimum absolute atomic E-state index is 0.0821. The van der Waals surface area contributed by atoms with E-state index in [0.29, 0.717) is 19.5 Å². The third-order valence-electron chi connectivity index (χ3n) is 3.87. The fraction of sp³-hybridized carbons (Fsp3) is 0.500. The molecule has 5 nitrogen and oxygen atoms in total. The maximum absolute atomic E-state index is 12.3. The molecule has 1 unspecified atom stereocenters. The van der Waals surface area contributed by atoms with Crippen LogP contribution in [0, 0.1) is 5.92 Å². The lowest BCUT2D eigenvalue weighted by Gasteiger charge is -2.17. The topological polar surface area (TPSA) is 66.5 Å². The molecular weight excluding hydrogens is 312 g/mol. The first-order valence-corrected chi connectivity index (χ1v) is 8.89. The van der Waals surface area contributed by atoms with E-state index in [1.165, 1.54) is 6.07 Å². The number of nitrogens with zero attached hydrogens (tertiary/aromatic N) is 1. The Morgan fingerprint density at radius 3 is 2.62 bits per heavy atom. The number of likely N-dealkylation sites (tertiary alicyclic amines) is 1. The number of nitrogens with one attached hydrogen (secondary N) is 1. The molecular formula is C14H17ClN2O3S. The van der Waals surface area contributed by atoms with Crippen LogP contribution in [0.1, 0.15) is 19.3 Å². The van der Waals surface area contributed by atoms with Crippen molar-refractivity contribution in [1.82, 2.24) is 9.62 Å². The molecule has 2 fully saturated rings. The number of hydrogen-bond donors (Lipinski definition) is 1. The van der Waals surface area contributed by atoms with Crippen molar-refractivity contribution in [3.63, 3.8) is 0 Å². The Balaban J connectivity index is 1.67. The summed E-state index contributed by atoms with van der Waals surface area (Å²) >= 11 is 5.94. The molecule has 1 N–H and O–H groups in total. The monoisotopic (exact) mass is 328 g/mol. The van der Waals surface area contributed by atoms with Crippen molar-refractivity contribution in [2.24, 2.45) is 5.92 Å². The van der Waals surface area contributed by atoms with E-state index in [-0.39, 0.29) is 27.8 Å². The van der Waals surface area contributed by atoms with Crippen molar-refractivity contribution in [2.45, 2.75) is 30.2 Å². The smallest absolute Gasteiger partial charge is 0.242 e. The summed E-state index contributed by atoms with van der Waals surface area (Å²) in [5.41, 5.74) is 0. The highest BCUT2D eigenvalue weighted by molar-refractivity contribution is 7.89. The highest BCUT2D eigenvalue weighted by Crippen LogP contribution is 2.32. The predicted octanol–water partition coefficient (Wildman–Crippen LogP) is 1.63. The molecule has 0 spiro atoms. The van der Waals surface area contributed by atoms with E-state index in [1.54, 1.807) is 23.1 Å². The average Bonchev–Trinajstić information content (AvgIpc) is 3.19. The number of carbonyl (C=O) groups is 1. The number of hydrogen-bond acceptors (Lipinski definition) is 3. The summed E-state index contributed by atoms with van der Waals surface area (Å²) in [4.78, 5) is 13.8. The fourth-order valence-electron chi connectivity index (χ4n) is 2.59. The normalized spacial score (nSPS) is 22.5. The second-order valence-electron chi connectivity index (χ2n) is 5.60. The van der Waals surface area contributed by atoms with Crippen molar-refractivity contribution >= 4 is 27.5 Å². The minimum Gasteiger partial charge on any atom is -0.341 e. The van der Waals surface area contributed by atoms with E-state index in [2.05, 4.69) is 4.72 Å². The summed E-state index contributed by atoms with van der Waals surface area (Å²) in [6.45, 7) is 1.06. The molecule has 1 atom stereocenters. The van der Waals surface area contributed by atoms with Gasteiger partial charge in [-0.3, -0.25) is 4.79 Å². The zero-order valence-electron chi connectivity index (χ0n) is 11.5. The van der Waals surface area contributed by atoms with E-state index in [4.69, 9.17) is 11.6 Å². The molecule has 2 aliphatic rings. The first-order valence-electron chi connectivity index (χ1n) is 7.03. The van der Waals surface area contributed by atoms with Crippen molar-refractivity contribution in [1.29, 1.82) is 0 Å². The third-order valence-corrected chi connectivity index (χ3v) is 5.89. The first kappa shape index (κ1) is 14.8. The Morgan fingerprint density at radius 1 is 1.24 bits per heavy atom. The van der Waals surface area contributed by atoms with Gasteiger partial charge in [0.2, 0.25) is 15.9 Å². The Labute approximate surface area is 129 Å². The van der Waals surface area contributed by atoms with Crippen LogP contribution in [0.2, 0.25) is 5.02 Å². The highest BCUT2D eigenvalue weighted by Gasteiger charge is 2.37. The van der Waals surface area contributed by atoms with Crippen LogP contribution >= 0.6 is 11.6 Å². The first-order chi connectivity index (χ1) is 9.97. The summed E-state index contributed by atoms with van der Waals surface area (Å²) in [7, 11) is -3.65. The van der Waals surface area contributed by atoms with E-state index < -0.39 is 10.0 Å². The van der Waals surface area contributed by atoms with Crippen molar-refractivity contribution in [3.8, 4) is 0 Å². The van der Waals surface area contributed by atoms with Crippen LogP contribution in [-0.2, 0) is 14.8 Å². The molecule has 7 heteroatoms. The van der Waals surface area contributed by atoms with E-state index >= 15 is 0 Å². The van der Waals surface area contributed by atoms with Gasteiger partial charge < -0.3 is 4.90 Å². The van der Waals surface area contributed by atoms with Gasteiger partial charge in [-0.25, -0.2) is 13.1 Å². The van der Waals surface area contributed by atoms with Crippen LogP contribution in [0.25, 0.3) is 0 Å². The standard InChI is InChI=1S/C14H17ClN2O3S/c15-12-3-1-2-4-13(12)21(19,20)16-11-7-8-17(9-11)14(18)10-5-6-10/h1-4,10-11,16H,5-9H2. The number of sulfonamides is 1. The van der Waals surface area contributed by atoms with Crippen LogP contribution in [0.5, 0.6) is 0 Å². The zero-order chi connectivity index (χ0) is 15.0. The van der Waals surface area contributed by atoms with Gasteiger partial charge in [-0.15, -0.1) is 0 Å². The largest absolute Gasteiger partial charge is 0.341 e. The lowest BCUT2D eigenvalue weighted by Crippen LogP contribution is -2.38. The second-order valence-corrected chi connectivity index (χ2v) is 7.69. The Morgan fingerprint density at radius 2 is 1.95 bits per heavy atom. The maximum atomic E-state index is 12.3. The van der Waals surface area contributed by atoms with Crippen LogP contribution in [0.15, 0.2) is 29.2 Å². The van der Waals surface area contributed by atoms with Gasteiger partial charge in [0.1, 0.15) is 4.90 Å². The quantitative estimate of drug-likeness (QED) is 0.913. The van der Waals surface area contributed by atoms with Crippen LogP contribution in [0.4, 0.5) is 0 Å². The van der Waals surface area contributed by atoms with Gasteiger partial charge in [0, 0.05) is 25.0 Å². The van der Waals surface area contributed by atoms with Crippen molar-refractivity contribution in [2.75, 3.05) is 13.1 Å². The molecule has 1 aromatic carbocycles. The summed E-state index contributed by atoms with van der Waals surface area (Å²) in [5.74, 6) is 0.332. The Kier molecular flexibility index (Phi) is 3.94. The lowest BCUT2D eigenvalue weighted by atomic mass is 10.3. The number of benzene rings is 1. The molecule has 21 heavy (non-hydrogen) atoms. The number of halogens is 1. The van der Waals surface area contributed by atoms with Gasteiger partial charge in [-0.2, -0.15) is 0 Å². The minimum atomic E-state index is -3.65. The van der Waals surface area contributed by atoms with Crippen molar-refractivity contribution in [3.05, 3.63) is 29.3 Å². The lowest BCUT2D eigenvalue weighted by molar-refractivity contribution is -0.131. The summed E-state index contributed by atoms with van der Waals surface area (Å²) < 4.78 is 27.3. The van der Waals surface area contributed by atoms with E-state index in [9.17, 15) is 13.2 Å². The zero-order valence-corrected chi connectivity index (χ0v) is 13.0. The van der Waals surface area contributed by atoms with Gasteiger partial charge in [0.15, 0.2) is 0 Å². The van der Waals surface area contributed by atoms with Gasteiger partial charge in [-0.1, -0.05) is 23.7 Å². The van der Waals surface area contributed by atoms with Crippen LogP contribution < -0.4 is 4.72 Å².